The van der Waals surface area contributed by atoms with Crippen molar-refractivity contribution in [1.82, 2.24) is 0 Å². The Bertz CT molecular complexity index is 691. The average molecular weight is 332 g/mol. The van der Waals surface area contributed by atoms with Gasteiger partial charge in [-0.3, -0.25) is 0 Å². The minimum Gasteiger partial charge on any atom is -0.478 e. The van der Waals surface area contributed by atoms with Crippen LogP contribution < -0.4 is 4.74 Å². The van der Waals surface area contributed by atoms with Crippen molar-refractivity contribution in [3.8, 4) is 16.9 Å². The highest BCUT2D eigenvalue weighted by molar-refractivity contribution is 5.88. The molecule has 0 heterocycles. The first-order chi connectivity index (χ1) is 10.6. The van der Waals surface area contributed by atoms with E-state index < -0.39 is 24.0 Å². The van der Waals surface area contributed by atoms with E-state index in [1.807, 2.05) is 0 Å². The summed E-state index contributed by atoms with van der Waals surface area (Å²) in [4.78, 5) is 10.7. The number of ether oxygens (including phenoxy) is 1. The van der Waals surface area contributed by atoms with Crippen LogP contribution >= 0.6 is 0 Å². The third-order valence-electron chi connectivity index (χ3n) is 2.90. The highest BCUT2D eigenvalue weighted by Gasteiger charge is 2.61. The molecule has 0 aliphatic rings. The molecule has 0 amide bonds. The van der Waals surface area contributed by atoms with Gasteiger partial charge in [0.15, 0.2) is 0 Å². The quantitative estimate of drug-likeness (QED) is 0.833. The van der Waals surface area contributed by atoms with Crippen molar-refractivity contribution in [2.45, 2.75) is 12.3 Å². The summed E-state index contributed by atoms with van der Waals surface area (Å²) in [5.41, 5.74) is 1.15. The first-order valence-corrected chi connectivity index (χ1v) is 6.17. The molecule has 8 heteroatoms. The number of carbonyl (C=O) groups is 1. The van der Waals surface area contributed by atoms with Gasteiger partial charge in [0.2, 0.25) is 0 Å². The normalized spacial score (nSPS) is 12.0. The van der Waals surface area contributed by atoms with Crippen LogP contribution in [0.25, 0.3) is 11.1 Å². The van der Waals surface area contributed by atoms with Crippen molar-refractivity contribution in [1.29, 1.82) is 0 Å². The lowest BCUT2D eigenvalue weighted by atomic mass is 10.0. The lowest BCUT2D eigenvalue weighted by Crippen LogP contribution is -2.41. The number of halogens is 5. The van der Waals surface area contributed by atoms with Gasteiger partial charge >= 0.3 is 18.3 Å². The second kappa shape index (κ2) is 5.86. The van der Waals surface area contributed by atoms with E-state index in [-0.39, 0.29) is 5.56 Å². The number of benzene rings is 2. The van der Waals surface area contributed by atoms with Crippen molar-refractivity contribution < 1.29 is 36.6 Å². The van der Waals surface area contributed by atoms with Gasteiger partial charge in [-0.2, -0.15) is 22.0 Å². The van der Waals surface area contributed by atoms with E-state index in [2.05, 4.69) is 4.74 Å². The number of hydrogen-bond acceptors (Lipinski definition) is 2. The number of alkyl halides is 5. The topological polar surface area (TPSA) is 46.5 Å². The lowest BCUT2D eigenvalue weighted by molar-refractivity contribution is -0.360. The van der Waals surface area contributed by atoms with E-state index in [9.17, 15) is 26.7 Å². The molecule has 2 rings (SSSR count). The van der Waals surface area contributed by atoms with E-state index in [0.717, 1.165) is 12.1 Å². The summed E-state index contributed by atoms with van der Waals surface area (Å²) >= 11 is 0. The predicted octanol–water partition coefficient (Wildman–Crippen LogP) is 4.59. The first kappa shape index (κ1) is 16.7. The van der Waals surface area contributed by atoms with Crippen LogP contribution in [0.2, 0.25) is 0 Å². The fourth-order valence-electron chi connectivity index (χ4n) is 1.73. The van der Waals surface area contributed by atoms with Gasteiger partial charge in [-0.15, -0.1) is 0 Å². The van der Waals surface area contributed by atoms with Crippen molar-refractivity contribution in [3.63, 3.8) is 0 Å². The maximum atomic E-state index is 12.8. The number of carboxylic acid groups (broad SMARTS) is 1. The Hall–Kier alpha value is -2.64. The first-order valence-electron chi connectivity index (χ1n) is 6.17. The predicted molar refractivity (Wildman–Crippen MR) is 70.5 cm³/mol. The zero-order valence-corrected chi connectivity index (χ0v) is 11.3. The molecule has 0 saturated heterocycles. The molecule has 0 spiro atoms. The Kier molecular flexibility index (Phi) is 4.26. The highest BCUT2D eigenvalue weighted by Crippen LogP contribution is 2.37. The van der Waals surface area contributed by atoms with Crippen LogP contribution in [0.4, 0.5) is 22.0 Å². The maximum absolute atomic E-state index is 12.8. The van der Waals surface area contributed by atoms with E-state index in [1.54, 1.807) is 0 Å². The molecular weight excluding hydrogens is 323 g/mol. The molecule has 2 aromatic carbocycles. The zero-order valence-electron chi connectivity index (χ0n) is 11.3. The van der Waals surface area contributed by atoms with E-state index in [1.165, 1.54) is 36.4 Å². The molecule has 0 aliphatic carbocycles. The molecule has 0 unspecified atom stereocenters. The van der Waals surface area contributed by atoms with Gasteiger partial charge < -0.3 is 9.84 Å². The van der Waals surface area contributed by atoms with Crippen LogP contribution in [0.15, 0.2) is 48.5 Å². The molecule has 0 atom stereocenters. The second-order valence-electron chi connectivity index (χ2n) is 4.52. The zero-order chi connectivity index (χ0) is 17.3. The molecular formula is C15H9F5O3. The molecule has 0 aliphatic heterocycles. The van der Waals surface area contributed by atoms with Gasteiger partial charge in [0.25, 0.3) is 0 Å². The van der Waals surface area contributed by atoms with Gasteiger partial charge in [-0.05, 0) is 35.4 Å². The Morgan fingerprint density at radius 3 is 1.65 bits per heavy atom. The third kappa shape index (κ3) is 3.77. The SMILES string of the molecule is O=C(O)c1ccc(-c2ccc(OC(F)(F)C(F)(F)F)cc2)cc1. The smallest absolute Gasteiger partial charge is 0.478 e. The monoisotopic (exact) mass is 332 g/mol. The number of carboxylic acids is 1. The fourth-order valence-corrected chi connectivity index (χ4v) is 1.73. The van der Waals surface area contributed by atoms with Gasteiger partial charge in [-0.25, -0.2) is 4.79 Å². The van der Waals surface area contributed by atoms with Gasteiger partial charge in [0.1, 0.15) is 5.75 Å². The molecule has 0 fully saturated rings. The summed E-state index contributed by atoms with van der Waals surface area (Å²) in [7, 11) is 0. The standard InChI is InChI=1S/C15H9F5O3/c16-14(17,18)15(19,20)23-12-7-5-10(6-8-12)9-1-3-11(4-2-9)13(21)22/h1-8H,(H,21,22). The minimum atomic E-state index is -5.81. The number of rotatable bonds is 4. The summed E-state index contributed by atoms with van der Waals surface area (Å²) in [5.74, 6) is -1.74. The molecule has 1 N–H and O–H groups in total. The molecule has 0 saturated carbocycles. The van der Waals surface area contributed by atoms with Crippen molar-refractivity contribution in [2.24, 2.45) is 0 Å². The lowest BCUT2D eigenvalue weighted by Gasteiger charge is -2.20. The van der Waals surface area contributed by atoms with E-state index in [4.69, 9.17) is 5.11 Å². The van der Waals surface area contributed by atoms with E-state index >= 15 is 0 Å². The molecule has 0 radical (unpaired) electrons. The Morgan fingerprint density at radius 1 is 0.826 bits per heavy atom. The summed E-state index contributed by atoms with van der Waals surface area (Å²) < 4.78 is 65.3. The van der Waals surface area contributed by atoms with Gasteiger partial charge in [0, 0.05) is 0 Å². The summed E-state index contributed by atoms with van der Waals surface area (Å²) in [6.07, 6.45) is -11.1. The van der Waals surface area contributed by atoms with Gasteiger partial charge in [-0.1, -0.05) is 24.3 Å². The van der Waals surface area contributed by atoms with Crippen LogP contribution in [0.5, 0.6) is 5.75 Å². The molecule has 0 bridgehead atoms. The van der Waals surface area contributed by atoms with Crippen LogP contribution in [0, 0.1) is 0 Å². The molecule has 0 aromatic heterocycles. The molecule has 2 aromatic rings. The Morgan fingerprint density at radius 2 is 1.26 bits per heavy atom. The molecule has 3 nitrogen and oxygen atoms in total. The number of hydrogen-bond donors (Lipinski definition) is 1. The maximum Gasteiger partial charge on any atom is 0.499 e. The molecule has 122 valence electrons. The summed E-state index contributed by atoms with van der Waals surface area (Å²) in [6.45, 7) is 0. The van der Waals surface area contributed by atoms with Crippen LogP contribution in [0.1, 0.15) is 10.4 Å². The minimum absolute atomic E-state index is 0.0681. The second-order valence-corrected chi connectivity index (χ2v) is 4.52. The Balaban J connectivity index is 2.18. The largest absolute Gasteiger partial charge is 0.499 e. The van der Waals surface area contributed by atoms with Crippen molar-refractivity contribution in [2.75, 3.05) is 0 Å². The van der Waals surface area contributed by atoms with Crippen LogP contribution in [-0.2, 0) is 0 Å². The Labute approximate surface area is 126 Å². The highest BCUT2D eigenvalue weighted by atomic mass is 19.4. The fraction of sp³-hybridized carbons (Fsp3) is 0.133. The number of aromatic carboxylic acids is 1. The van der Waals surface area contributed by atoms with Gasteiger partial charge in [0.05, 0.1) is 5.56 Å². The van der Waals surface area contributed by atoms with Crippen molar-refractivity contribution >= 4 is 5.97 Å². The molecule has 23 heavy (non-hydrogen) atoms. The summed E-state index contributed by atoms with van der Waals surface area (Å²) in [5, 5.41) is 8.78. The third-order valence-corrected chi connectivity index (χ3v) is 2.90. The van der Waals surface area contributed by atoms with Crippen molar-refractivity contribution in [3.05, 3.63) is 54.1 Å². The van der Waals surface area contributed by atoms with Crippen LogP contribution in [0.3, 0.4) is 0 Å². The van der Waals surface area contributed by atoms with Crippen LogP contribution in [-0.4, -0.2) is 23.4 Å². The average Bonchev–Trinajstić information content (AvgIpc) is 2.46. The van der Waals surface area contributed by atoms with E-state index in [0.29, 0.717) is 11.1 Å². The summed E-state index contributed by atoms with van der Waals surface area (Å²) in [6, 6.07) is 10.2.